The molecule has 0 aromatic heterocycles. The number of halogens is 1. The van der Waals surface area contributed by atoms with Gasteiger partial charge in [0, 0.05) is 18.6 Å². The van der Waals surface area contributed by atoms with Gasteiger partial charge in [-0.05, 0) is 48.6 Å². The third-order valence-corrected chi connectivity index (χ3v) is 6.57. The van der Waals surface area contributed by atoms with E-state index in [4.69, 9.17) is 5.73 Å². The fourth-order valence-corrected chi connectivity index (χ4v) is 4.64. The van der Waals surface area contributed by atoms with Crippen LogP contribution in [0.4, 0.5) is 0 Å². The van der Waals surface area contributed by atoms with E-state index in [1.54, 1.807) is 0 Å². The number of nitrogens with one attached hydrogen (secondary N) is 2. The number of sulfonamides is 1. The molecular formula is C20H34ClN3O3S. The zero-order valence-corrected chi connectivity index (χ0v) is 18.6. The fraction of sp³-hybridized carbons (Fsp3) is 0.650. The maximum absolute atomic E-state index is 12.2. The van der Waals surface area contributed by atoms with Gasteiger partial charge in [0.15, 0.2) is 0 Å². The molecule has 0 aliphatic heterocycles. The molecule has 0 bridgehead atoms. The monoisotopic (exact) mass is 431 g/mol. The van der Waals surface area contributed by atoms with Crippen LogP contribution in [0.3, 0.4) is 0 Å². The summed E-state index contributed by atoms with van der Waals surface area (Å²) in [6.45, 7) is 6.63. The predicted molar refractivity (Wildman–Crippen MR) is 116 cm³/mol. The first-order valence-electron chi connectivity index (χ1n) is 9.78. The van der Waals surface area contributed by atoms with Crippen molar-refractivity contribution >= 4 is 28.3 Å². The number of hydrogen-bond acceptors (Lipinski definition) is 4. The van der Waals surface area contributed by atoms with E-state index in [1.165, 1.54) is 5.56 Å². The average Bonchev–Trinajstić information content (AvgIpc) is 2.61. The molecular weight excluding hydrogens is 398 g/mol. The Balaban J connectivity index is 0.00000392. The minimum atomic E-state index is -3.63. The highest BCUT2D eigenvalue weighted by atomic mass is 35.5. The van der Waals surface area contributed by atoms with Gasteiger partial charge < -0.3 is 11.1 Å². The van der Waals surface area contributed by atoms with Gasteiger partial charge >= 0.3 is 0 Å². The Morgan fingerprint density at radius 2 is 1.64 bits per heavy atom. The van der Waals surface area contributed by atoms with Gasteiger partial charge in [-0.1, -0.05) is 45.0 Å². The summed E-state index contributed by atoms with van der Waals surface area (Å²) in [5.74, 6) is 0.00375. The van der Waals surface area contributed by atoms with Gasteiger partial charge in [0.25, 0.3) is 0 Å². The summed E-state index contributed by atoms with van der Waals surface area (Å²) in [5.41, 5.74) is 8.26. The average molecular weight is 432 g/mol. The highest BCUT2D eigenvalue weighted by Gasteiger charge is 2.24. The van der Waals surface area contributed by atoms with Crippen molar-refractivity contribution < 1.29 is 13.2 Å². The minimum absolute atomic E-state index is 0. The summed E-state index contributed by atoms with van der Waals surface area (Å²) in [4.78, 5) is 12.0. The van der Waals surface area contributed by atoms with Crippen molar-refractivity contribution in [2.45, 2.75) is 64.5 Å². The highest BCUT2D eigenvalue weighted by molar-refractivity contribution is 7.90. The van der Waals surface area contributed by atoms with Gasteiger partial charge in [-0.3, -0.25) is 4.79 Å². The van der Waals surface area contributed by atoms with Crippen molar-refractivity contribution in [3.05, 3.63) is 35.4 Å². The third kappa shape index (κ3) is 8.07. The van der Waals surface area contributed by atoms with Crippen molar-refractivity contribution in [1.82, 2.24) is 10.0 Å². The van der Waals surface area contributed by atoms with E-state index < -0.39 is 21.7 Å². The molecule has 1 amide bonds. The molecule has 0 spiro atoms. The van der Waals surface area contributed by atoms with Crippen LogP contribution in [0.5, 0.6) is 0 Å². The van der Waals surface area contributed by atoms with Gasteiger partial charge in [-0.2, -0.15) is 0 Å². The van der Waals surface area contributed by atoms with E-state index in [-0.39, 0.29) is 31.0 Å². The van der Waals surface area contributed by atoms with Crippen LogP contribution in [0, 0.1) is 5.92 Å². The quantitative estimate of drug-likeness (QED) is 0.589. The van der Waals surface area contributed by atoms with Crippen LogP contribution in [0.2, 0.25) is 0 Å². The van der Waals surface area contributed by atoms with Crippen LogP contribution in [0.25, 0.3) is 0 Å². The standard InChI is InChI=1S/C20H33N3O3S.ClH/c1-14(2)16-6-8-17(9-7-16)19(21)12-22-20(24)13-27(25,26)23-18-10-4-15(3)5-11-18;/h6-9,14-15,18-19,23H,4-5,10-13,21H2,1-3H3,(H,22,24);1H. The summed E-state index contributed by atoms with van der Waals surface area (Å²) in [5, 5.41) is 2.64. The van der Waals surface area contributed by atoms with Gasteiger partial charge in [0.2, 0.25) is 15.9 Å². The van der Waals surface area contributed by atoms with E-state index in [1.807, 2.05) is 24.3 Å². The maximum atomic E-state index is 12.2. The topological polar surface area (TPSA) is 101 Å². The van der Waals surface area contributed by atoms with Gasteiger partial charge in [-0.15, -0.1) is 12.4 Å². The fourth-order valence-electron chi connectivity index (χ4n) is 3.37. The largest absolute Gasteiger partial charge is 0.353 e. The lowest BCUT2D eigenvalue weighted by Crippen LogP contribution is -2.43. The second kappa shape index (κ2) is 11.1. The van der Waals surface area contributed by atoms with Gasteiger partial charge in [0.1, 0.15) is 5.75 Å². The second-order valence-corrected chi connectivity index (χ2v) is 9.82. The molecule has 1 aliphatic carbocycles. The Bertz CT molecular complexity index is 715. The summed E-state index contributed by atoms with van der Waals surface area (Å²) < 4.78 is 27.1. The van der Waals surface area contributed by atoms with Gasteiger partial charge in [0.05, 0.1) is 0 Å². The van der Waals surface area contributed by atoms with Crippen LogP contribution in [0.15, 0.2) is 24.3 Å². The summed E-state index contributed by atoms with van der Waals surface area (Å²) in [6.07, 6.45) is 3.70. The Labute approximate surface area is 175 Å². The first-order valence-corrected chi connectivity index (χ1v) is 11.4. The number of nitrogens with two attached hydrogens (primary N) is 1. The minimum Gasteiger partial charge on any atom is -0.353 e. The van der Waals surface area contributed by atoms with Crippen LogP contribution < -0.4 is 15.8 Å². The Morgan fingerprint density at radius 3 is 2.18 bits per heavy atom. The Hall–Kier alpha value is -1.15. The molecule has 0 saturated heterocycles. The summed E-state index contributed by atoms with van der Waals surface area (Å²) >= 11 is 0. The predicted octanol–water partition coefficient (Wildman–Crippen LogP) is 2.85. The normalized spacial score (nSPS) is 21.0. The Kier molecular flexibility index (Phi) is 9.90. The molecule has 2 rings (SSSR count). The summed E-state index contributed by atoms with van der Waals surface area (Å²) in [6, 6.07) is 7.54. The lowest BCUT2D eigenvalue weighted by atomic mass is 9.88. The molecule has 4 N–H and O–H groups in total. The van der Waals surface area contributed by atoms with E-state index >= 15 is 0 Å². The van der Waals surface area contributed by atoms with Crippen LogP contribution in [0.1, 0.15) is 69.5 Å². The number of benzene rings is 1. The van der Waals surface area contributed by atoms with Gasteiger partial charge in [-0.25, -0.2) is 13.1 Å². The van der Waals surface area contributed by atoms with E-state index in [9.17, 15) is 13.2 Å². The van der Waals surface area contributed by atoms with Crippen molar-refractivity contribution in [3.8, 4) is 0 Å². The first kappa shape index (κ1) is 24.9. The molecule has 1 fully saturated rings. The molecule has 1 aromatic carbocycles. The molecule has 160 valence electrons. The molecule has 1 saturated carbocycles. The van der Waals surface area contributed by atoms with Crippen molar-refractivity contribution in [3.63, 3.8) is 0 Å². The first-order chi connectivity index (χ1) is 12.7. The number of amides is 1. The maximum Gasteiger partial charge on any atom is 0.236 e. The summed E-state index contributed by atoms with van der Waals surface area (Å²) in [7, 11) is -3.63. The Morgan fingerprint density at radius 1 is 1.11 bits per heavy atom. The van der Waals surface area contributed by atoms with Crippen LogP contribution >= 0.6 is 12.4 Å². The lowest BCUT2D eigenvalue weighted by molar-refractivity contribution is -0.118. The molecule has 6 nitrogen and oxygen atoms in total. The zero-order valence-electron chi connectivity index (χ0n) is 17.0. The van der Waals surface area contributed by atoms with E-state index in [0.29, 0.717) is 11.8 Å². The SMILES string of the molecule is CC1CCC(NS(=O)(=O)CC(=O)NCC(N)c2ccc(C(C)C)cc2)CC1.Cl. The van der Waals surface area contributed by atoms with Crippen molar-refractivity contribution in [2.24, 2.45) is 11.7 Å². The number of carbonyl (C=O) groups excluding carboxylic acids is 1. The number of rotatable bonds is 8. The zero-order chi connectivity index (χ0) is 20.0. The van der Waals surface area contributed by atoms with E-state index in [2.05, 4.69) is 30.8 Å². The van der Waals surface area contributed by atoms with Crippen molar-refractivity contribution in [1.29, 1.82) is 0 Å². The molecule has 0 radical (unpaired) electrons. The number of carbonyl (C=O) groups is 1. The second-order valence-electron chi connectivity index (χ2n) is 8.07. The molecule has 1 aromatic rings. The molecule has 8 heteroatoms. The third-order valence-electron chi connectivity index (χ3n) is 5.23. The molecule has 1 atom stereocenters. The smallest absolute Gasteiger partial charge is 0.236 e. The number of hydrogen-bond donors (Lipinski definition) is 3. The molecule has 1 unspecified atom stereocenters. The van der Waals surface area contributed by atoms with Crippen LogP contribution in [-0.4, -0.2) is 32.7 Å². The molecule has 1 aliphatic rings. The van der Waals surface area contributed by atoms with E-state index in [0.717, 1.165) is 31.2 Å². The molecule has 28 heavy (non-hydrogen) atoms. The van der Waals surface area contributed by atoms with Crippen LogP contribution in [-0.2, 0) is 14.8 Å². The lowest BCUT2D eigenvalue weighted by Gasteiger charge is -2.26. The van der Waals surface area contributed by atoms with Crippen molar-refractivity contribution in [2.75, 3.05) is 12.3 Å². The highest BCUT2D eigenvalue weighted by Crippen LogP contribution is 2.23. The molecule has 0 heterocycles.